The monoisotopic (exact) mass is 222 g/mol. The van der Waals surface area contributed by atoms with Crippen molar-refractivity contribution in [2.45, 2.75) is 25.9 Å². The molecule has 1 aromatic heterocycles. The van der Waals surface area contributed by atoms with E-state index in [0.717, 1.165) is 18.9 Å². The second-order valence-corrected chi connectivity index (χ2v) is 4.29. The SMILES string of the molecule is COc1cc(N2CC(C)NC(C)C2)ncn1. The van der Waals surface area contributed by atoms with Crippen LogP contribution in [0.2, 0.25) is 0 Å². The van der Waals surface area contributed by atoms with Gasteiger partial charge in [-0.3, -0.25) is 0 Å². The highest BCUT2D eigenvalue weighted by atomic mass is 16.5. The van der Waals surface area contributed by atoms with Crippen molar-refractivity contribution in [3.05, 3.63) is 12.4 Å². The van der Waals surface area contributed by atoms with Crippen LogP contribution in [0, 0.1) is 0 Å². The molecule has 0 amide bonds. The Morgan fingerprint density at radius 1 is 1.31 bits per heavy atom. The molecule has 0 aliphatic carbocycles. The normalized spacial score (nSPS) is 25.6. The van der Waals surface area contributed by atoms with Crippen LogP contribution in [0.3, 0.4) is 0 Å². The van der Waals surface area contributed by atoms with Crippen LogP contribution in [-0.4, -0.2) is 42.3 Å². The Hall–Kier alpha value is -1.36. The number of hydrogen-bond donors (Lipinski definition) is 1. The third kappa shape index (κ3) is 2.41. The molecular formula is C11H18N4O. The summed E-state index contributed by atoms with van der Waals surface area (Å²) >= 11 is 0. The molecule has 1 saturated heterocycles. The number of hydrogen-bond acceptors (Lipinski definition) is 5. The van der Waals surface area contributed by atoms with Gasteiger partial charge >= 0.3 is 0 Å². The van der Waals surface area contributed by atoms with Gasteiger partial charge in [0.05, 0.1) is 7.11 Å². The van der Waals surface area contributed by atoms with E-state index in [2.05, 4.69) is 34.0 Å². The summed E-state index contributed by atoms with van der Waals surface area (Å²) in [6, 6.07) is 2.83. The molecule has 0 bridgehead atoms. The van der Waals surface area contributed by atoms with Crippen LogP contribution in [0.25, 0.3) is 0 Å². The highest BCUT2D eigenvalue weighted by Crippen LogP contribution is 2.18. The molecule has 0 aromatic carbocycles. The van der Waals surface area contributed by atoms with E-state index < -0.39 is 0 Å². The van der Waals surface area contributed by atoms with Crippen molar-refractivity contribution in [1.82, 2.24) is 15.3 Å². The van der Waals surface area contributed by atoms with Gasteiger partial charge < -0.3 is 15.0 Å². The quantitative estimate of drug-likeness (QED) is 0.797. The van der Waals surface area contributed by atoms with Gasteiger partial charge in [-0.05, 0) is 13.8 Å². The number of aromatic nitrogens is 2. The van der Waals surface area contributed by atoms with E-state index in [0.29, 0.717) is 18.0 Å². The molecule has 5 nitrogen and oxygen atoms in total. The molecule has 2 rings (SSSR count). The zero-order valence-corrected chi connectivity index (χ0v) is 9.97. The molecule has 88 valence electrons. The lowest BCUT2D eigenvalue weighted by atomic mass is 10.1. The second-order valence-electron chi connectivity index (χ2n) is 4.29. The number of piperazine rings is 1. The number of ether oxygens (including phenoxy) is 1. The second kappa shape index (κ2) is 4.65. The minimum atomic E-state index is 0.477. The summed E-state index contributed by atoms with van der Waals surface area (Å²) in [6.45, 7) is 6.29. The Balaban J connectivity index is 2.16. The minimum Gasteiger partial charge on any atom is -0.481 e. The summed E-state index contributed by atoms with van der Waals surface area (Å²) in [5.74, 6) is 1.55. The van der Waals surface area contributed by atoms with Gasteiger partial charge in [-0.15, -0.1) is 0 Å². The average Bonchev–Trinajstić information content (AvgIpc) is 2.28. The van der Waals surface area contributed by atoms with Gasteiger partial charge in [-0.2, -0.15) is 0 Å². The van der Waals surface area contributed by atoms with Crippen LogP contribution in [0.5, 0.6) is 5.88 Å². The predicted octanol–water partition coefficient (Wildman–Crippen LogP) is 0.672. The highest BCUT2D eigenvalue weighted by molar-refractivity contribution is 5.41. The number of nitrogens with zero attached hydrogens (tertiary/aromatic N) is 3. The molecule has 1 aliphatic heterocycles. The van der Waals surface area contributed by atoms with E-state index in [9.17, 15) is 0 Å². The fourth-order valence-corrected chi connectivity index (χ4v) is 2.13. The zero-order chi connectivity index (χ0) is 11.5. The molecule has 0 saturated carbocycles. The molecule has 1 aliphatic rings. The Labute approximate surface area is 95.8 Å². The molecule has 16 heavy (non-hydrogen) atoms. The van der Waals surface area contributed by atoms with Crippen molar-refractivity contribution >= 4 is 5.82 Å². The number of anilines is 1. The molecule has 2 atom stereocenters. The summed E-state index contributed by atoms with van der Waals surface area (Å²) in [7, 11) is 1.62. The molecule has 0 radical (unpaired) electrons. The van der Waals surface area contributed by atoms with E-state index in [-0.39, 0.29) is 0 Å². The minimum absolute atomic E-state index is 0.477. The molecule has 1 fully saturated rings. The lowest BCUT2D eigenvalue weighted by molar-refractivity contribution is 0.391. The van der Waals surface area contributed by atoms with Crippen LogP contribution < -0.4 is 15.0 Å². The standard InChI is InChI=1S/C11H18N4O/c1-8-5-15(6-9(2)14-8)10-4-11(16-3)13-7-12-10/h4,7-9,14H,5-6H2,1-3H3. The van der Waals surface area contributed by atoms with Crippen LogP contribution >= 0.6 is 0 Å². The third-order valence-corrected chi connectivity index (χ3v) is 2.72. The highest BCUT2D eigenvalue weighted by Gasteiger charge is 2.22. The van der Waals surface area contributed by atoms with Crippen LogP contribution in [0.15, 0.2) is 12.4 Å². The van der Waals surface area contributed by atoms with Gasteiger partial charge in [0, 0.05) is 31.2 Å². The van der Waals surface area contributed by atoms with E-state index >= 15 is 0 Å². The maximum Gasteiger partial charge on any atom is 0.218 e. The lowest BCUT2D eigenvalue weighted by Gasteiger charge is -2.36. The van der Waals surface area contributed by atoms with Crippen molar-refractivity contribution < 1.29 is 4.74 Å². The summed E-state index contributed by atoms with van der Waals surface area (Å²) in [6.07, 6.45) is 1.55. The fraction of sp³-hybridized carbons (Fsp3) is 0.636. The van der Waals surface area contributed by atoms with Crippen LogP contribution in [0.1, 0.15) is 13.8 Å². The molecule has 1 N–H and O–H groups in total. The predicted molar refractivity (Wildman–Crippen MR) is 62.9 cm³/mol. The Bertz CT molecular complexity index is 348. The first-order chi connectivity index (χ1) is 7.69. The van der Waals surface area contributed by atoms with E-state index in [1.807, 2.05) is 6.07 Å². The topological polar surface area (TPSA) is 50.3 Å². The lowest BCUT2D eigenvalue weighted by Crippen LogP contribution is -2.54. The largest absolute Gasteiger partial charge is 0.481 e. The smallest absolute Gasteiger partial charge is 0.218 e. The van der Waals surface area contributed by atoms with Gasteiger partial charge in [0.25, 0.3) is 0 Å². The summed E-state index contributed by atoms with van der Waals surface area (Å²) in [5.41, 5.74) is 0. The Kier molecular flexibility index (Phi) is 3.24. The van der Waals surface area contributed by atoms with Crippen LogP contribution in [-0.2, 0) is 0 Å². The first kappa shape index (κ1) is 11.1. The first-order valence-corrected chi connectivity index (χ1v) is 5.56. The number of methoxy groups -OCH3 is 1. The van der Waals surface area contributed by atoms with Gasteiger partial charge in [-0.1, -0.05) is 0 Å². The molecule has 0 spiro atoms. The molecule has 2 heterocycles. The first-order valence-electron chi connectivity index (χ1n) is 5.56. The summed E-state index contributed by atoms with van der Waals surface area (Å²) in [4.78, 5) is 10.6. The van der Waals surface area contributed by atoms with Crippen molar-refractivity contribution in [2.75, 3.05) is 25.1 Å². The molecular weight excluding hydrogens is 204 g/mol. The van der Waals surface area contributed by atoms with Crippen molar-refractivity contribution in [3.8, 4) is 5.88 Å². The van der Waals surface area contributed by atoms with Gasteiger partial charge in [0.15, 0.2) is 0 Å². The van der Waals surface area contributed by atoms with Gasteiger partial charge in [0.1, 0.15) is 12.1 Å². The van der Waals surface area contributed by atoms with Crippen LogP contribution in [0.4, 0.5) is 5.82 Å². The van der Waals surface area contributed by atoms with E-state index in [4.69, 9.17) is 4.74 Å². The van der Waals surface area contributed by atoms with Gasteiger partial charge in [0.2, 0.25) is 5.88 Å². The maximum atomic E-state index is 5.11. The zero-order valence-electron chi connectivity index (χ0n) is 9.97. The van der Waals surface area contributed by atoms with Crippen molar-refractivity contribution in [2.24, 2.45) is 0 Å². The Morgan fingerprint density at radius 2 is 2.00 bits per heavy atom. The molecule has 2 unspecified atom stereocenters. The summed E-state index contributed by atoms with van der Waals surface area (Å²) < 4.78 is 5.11. The number of nitrogens with one attached hydrogen (secondary N) is 1. The maximum absolute atomic E-state index is 5.11. The Morgan fingerprint density at radius 3 is 2.62 bits per heavy atom. The van der Waals surface area contributed by atoms with Gasteiger partial charge in [-0.25, -0.2) is 9.97 Å². The molecule has 5 heteroatoms. The molecule has 1 aromatic rings. The van der Waals surface area contributed by atoms with E-state index in [1.54, 1.807) is 13.4 Å². The van der Waals surface area contributed by atoms with Crippen molar-refractivity contribution in [1.29, 1.82) is 0 Å². The average molecular weight is 222 g/mol. The van der Waals surface area contributed by atoms with E-state index in [1.165, 1.54) is 0 Å². The van der Waals surface area contributed by atoms with Crippen molar-refractivity contribution in [3.63, 3.8) is 0 Å². The number of rotatable bonds is 2. The fourth-order valence-electron chi connectivity index (χ4n) is 2.13. The third-order valence-electron chi connectivity index (χ3n) is 2.72. The summed E-state index contributed by atoms with van der Waals surface area (Å²) in [5, 5.41) is 3.49.